The van der Waals surface area contributed by atoms with E-state index in [1.807, 2.05) is 12.4 Å². The van der Waals surface area contributed by atoms with Crippen molar-refractivity contribution < 1.29 is 5.11 Å². The van der Waals surface area contributed by atoms with E-state index in [0.717, 1.165) is 45.6 Å². The van der Waals surface area contributed by atoms with Crippen molar-refractivity contribution in [2.45, 2.75) is 31.9 Å². The number of rotatable bonds is 6. The van der Waals surface area contributed by atoms with Crippen LogP contribution in [0.4, 0.5) is 0 Å². The van der Waals surface area contributed by atoms with Gasteiger partial charge in [0.15, 0.2) is 0 Å². The van der Waals surface area contributed by atoms with Crippen molar-refractivity contribution >= 4 is 0 Å². The molecule has 1 aliphatic heterocycles. The third kappa shape index (κ3) is 4.50. The minimum atomic E-state index is -0.0574. The number of aliphatic hydroxyl groups excluding tert-OH is 1. The first-order chi connectivity index (χ1) is 8.34. The molecule has 0 bridgehead atoms. The van der Waals surface area contributed by atoms with Gasteiger partial charge in [-0.3, -0.25) is 0 Å². The van der Waals surface area contributed by atoms with Gasteiger partial charge in [0.25, 0.3) is 0 Å². The van der Waals surface area contributed by atoms with E-state index in [1.165, 1.54) is 12.0 Å². The number of aliphatic hydroxyl groups is 1. The second-order valence-electron chi connectivity index (χ2n) is 4.82. The van der Waals surface area contributed by atoms with E-state index in [2.05, 4.69) is 21.3 Å². The van der Waals surface area contributed by atoms with Crippen LogP contribution in [-0.4, -0.2) is 47.3 Å². The molecule has 4 heteroatoms. The Bertz CT molecular complexity index is 292. The van der Waals surface area contributed by atoms with Gasteiger partial charge in [-0.25, -0.2) is 0 Å². The van der Waals surface area contributed by atoms with Crippen molar-refractivity contribution in [3.05, 3.63) is 24.0 Å². The molecule has 0 saturated carbocycles. The molecule has 96 valence electrons. The van der Waals surface area contributed by atoms with Crippen LogP contribution in [0.15, 0.2) is 18.5 Å². The first kappa shape index (κ1) is 12.6. The predicted octanol–water partition coefficient (Wildman–Crippen LogP) is 0.951. The minimum absolute atomic E-state index is 0.0574. The molecule has 0 amide bonds. The summed E-state index contributed by atoms with van der Waals surface area (Å²) in [5, 5.41) is 12.8. The molecule has 3 N–H and O–H groups in total. The Labute approximate surface area is 103 Å². The summed E-state index contributed by atoms with van der Waals surface area (Å²) in [7, 11) is 0. The maximum Gasteiger partial charge on any atom is 0.0564 e. The smallest absolute Gasteiger partial charge is 0.0564 e. The maximum absolute atomic E-state index is 9.40. The van der Waals surface area contributed by atoms with Crippen molar-refractivity contribution in [3.8, 4) is 0 Å². The fraction of sp³-hybridized carbons (Fsp3) is 0.692. The highest BCUT2D eigenvalue weighted by Gasteiger charge is 2.15. The molecule has 0 aromatic carbocycles. The predicted molar refractivity (Wildman–Crippen MR) is 68.8 cm³/mol. The second-order valence-corrected chi connectivity index (χ2v) is 4.82. The fourth-order valence-electron chi connectivity index (χ4n) is 2.27. The lowest BCUT2D eigenvalue weighted by Gasteiger charge is -2.29. The summed E-state index contributed by atoms with van der Waals surface area (Å²) in [5.74, 6) is 0. The van der Waals surface area contributed by atoms with Crippen LogP contribution >= 0.6 is 0 Å². The summed E-state index contributed by atoms with van der Waals surface area (Å²) in [4.78, 5) is 5.50. The van der Waals surface area contributed by atoms with E-state index >= 15 is 0 Å². The number of piperidine rings is 1. The summed E-state index contributed by atoms with van der Waals surface area (Å²) < 4.78 is 0. The van der Waals surface area contributed by atoms with E-state index in [1.54, 1.807) is 0 Å². The zero-order chi connectivity index (χ0) is 11.9. The van der Waals surface area contributed by atoms with Crippen LogP contribution in [0.5, 0.6) is 0 Å². The summed E-state index contributed by atoms with van der Waals surface area (Å²) in [6, 6.07) is 2.10. The first-order valence-corrected chi connectivity index (χ1v) is 6.57. The average molecular weight is 237 g/mol. The van der Waals surface area contributed by atoms with Gasteiger partial charge in [0.05, 0.1) is 6.10 Å². The lowest BCUT2D eigenvalue weighted by Crippen LogP contribution is -2.37. The van der Waals surface area contributed by atoms with Gasteiger partial charge in [-0.05, 0) is 44.0 Å². The van der Waals surface area contributed by atoms with Gasteiger partial charge < -0.3 is 20.3 Å². The Balaban J connectivity index is 1.49. The van der Waals surface area contributed by atoms with Crippen molar-refractivity contribution in [3.63, 3.8) is 0 Å². The summed E-state index contributed by atoms with van der Waals surface area (Å²) in [5.41, 5.74) is 1.31. The standard InChI is InChI=1S/C13H23N3O/c17-13-3-8-16(9-4-13)7-1-5-14-10-12-2-6-15-11-12/h2,6,11,13-15,17H,1,3-5,7-10H2. The van der Waals surface area contributed by atoms with Crippen LogP contribution in [0.1, 0.15) is 24.8 Å². The number of nitrogens with zero attached hydrogens (tertiary/aromatic N) is 1. The lowest BCUT2D eigenvalue weighted by atomic mass is 10.1. The highest BCUT2D eigenvalue weighted by atomic mass is 16.3. The third-order valence-corrected chi connectivity index (χ3v) is 3.38. The molecular weight excluding hydrogens is 214 g/mol. The molecule has 0 unspecified atom stereocenters. The topological polar surface area (TPSA) is 51.3 Å². The zero-order valence-electron chi connectivity index (χ0n) is 10.4. The number of aromatic amines is 1. The Hall–Kier alpha value is -0.840. The molecule has 1 aromatic rings. The van der Waals surface area contributed by atoms with Crippen LogP contribution in [0, 0.1) is 0 Å². The van der Waals surface area contributed by atoms with E-state index < -0.39 is 0 Å². The maximum atomic E-state index is 9.40. The van der Waals surface area contributed by atoms with Crippen molar-refractivity contribution in [1.29, 1.82) is 0 Å². The molecule has 17 heavy (non-hydrogen) atoms. The van der Waals surface area contributed by atoms with E-state index in [9.17, 15) is 5.11 Å². The molecular formula is C13H23N3O. The monoisotopic (exact) mass is 237 g/mol. The Morgan fingerprint density at radius 1 is 1.41 bits per heavy atom. The fourth-order valence-corrected chi connectivity index (χ4v) is 2.27. The van der Waals surface area contributed by atoms with Gasteiger partial charge in [0, 0.05) is 32.0 Å². The molecule has 1 aliphatic rings. The Morgan fingerprint density at radius 2 is 2.24 bits per heavy atom. The van der Waals surface area contributed by atoms with Crippen LogP contribution in [0.3, 0.4) is 0 Å². The normalized spacial score (nSPS) is 18.6. The van der Waals surface area contributed by atoms with Crippen LogP contribution in [-0.2, 0) is 6.54 Å². The number of aromatic nitrogens is 1. The quantitative estimate of drug-likeness (QED) is 0.646. The van der Waals surface area contributed by atoms with Crippen molar-refractivity contribution in [2.24, 2.45) is 0 Å². The average Bonchev–Trinajstić information content (AvgIpc) is 2.84. The summed E-state index contributed by atoms with van der Waals surface area (Å²) in [6.45, 7) is 5.26. The van der Waals surface area contributed by atoms with E-state index in [-0.39, 0.29) is 6.10 Å². The Kier molecular flexibility index (Phi) is 5.04. The van der Waals surface area contributed by atoms with E-state index in [0.29, 0.717) is 0 Å². The van der Waals surface area contributed by atoms with Gasteiger partial charge in [0.2, 0.25) is 0 Å². The molecule has 4 nitrogen and oxygen atoms in total. The molecule has 0 aliphatic carbocycles. The van der Waals surface area contributed by atoms with Gasteiger partial charge in [-0.2, -0.15) is 0 Å². The zero-order valence-corrected chi connectivity index (χ0v) is 10.4. The molecule has 2 rings (SSSR count). The molecule has 2 heterocycles. The third-order valence-electron chi connectivity index (χ3n) is 3.38. The number of hydrogen-bond acceptors (Lipinski definition) is 3. The first-order valence-electron chi connectivity index (χ1n) is 6.57. The molecule has 0 spiro atoms. The molecule has 1 aromatic heterocycles. The van der Waals surface area contributed by atoms with Gasteiger partial charge >= 0.3 is 0 Å². The summed E-state index contributed by atoms with van der Waals surface area (Å²) >= 11 is 0. The number of nitrogens with one attached hydrogen (secondary N) is 2. The van der Waals surface area contributed by atoms with E-state index in [4.69, 9.17) is 0 Å². The Morgan fingerprint density at radius 3 is 2.94 bits per heavy atom. The van der Waals surface area contributed by atoms with Crippen LogP contribution in [0.25, 0.3) is 0 Å². The van der Waals surface area contributed by atoms with Crippen LogP contribution in [0.2, 0.25) is 0 Å². The SMILES string of the molecule is OC1CCN(CCCNCc2cc[nH]c2)CC1. The highest BCUT2D eigenvalue weighted by molar-refractivity contribution is 5.07. The van der Waals surface area contributed by atoms with Crippen molar-refractivity contribution in [1.82, 2.24) is 15.2 Å². The summed E-state index contributed by atoms with van der Waals surface area (Å²) in [6.07, 6.45) is 6.99. The largest absolute Gasteiger partial charge is 0.393 e. The number of H-pyrrole nitrogens is 1. The molecule has 1 saturated heterocycles. The molecule has 1 fully saturated rings. The second kappa shape index (κ2) is 6.79. The van der Waals surface area contributed by atoms with Crippen molar-refractivity contribution in [2.75, 3.05) is 26.2 Å². The van der Waals surface area contributed by atoms with Gasteiger partial charge in [-0.1, -0.05) is 0 Å². The number of likely N-dealkylation sites (tertiary alicyclic amines) is 1. The highest BCUT2D eigenvalue weighted by Crippen LogP contribution is 2.09. The molecule has 0 atom stereocenters. The van der Waals surface area contributed by atoms with Crippen LogP contribution < -0.4 is 5.32 Å². The molecule has 0 radical (unpaired) electrons. The van der Waals surface area contributed by atoms with Gasteiger partial charge in [-0.15, -0.1) is 0 Å². The van der Waals surface area contributed by atoms with Gasteiger partial charge in [0.1, 0.15) is 0 Å². The number of hydrogen-bond donors (Lipinski definition) is 3. The lowest BCUT2D eigenvalue weighted by molar-refractivity contribution is 0.0821. The minimum Gasteiger partial charge on any atom is -0.393 e.